The van der Waals surface area contributed by atoms with E-state index in [-0.39, 0.29) is 18.0 Å². The molecule has 2 unspecified atom stereocenters. The average Bonchev–Trinajstić information content (AvgIpc) is 2.42. The molecule has 0 aromatic heterocycles. The van der Waals surface area contributed by atoms with Gasteiger partial charge in [-0.1, -0.05) is 19.1 Å². The van der Waals surface area contributed by atoms with Crippen molar-refractivity contribution in [1.82, 2.24) is 5.32 Å². The third-order valence-electron chi connectivity index (χ3n) is 3.46. The molecule has 1 aromatic rings. The van der Waals surface area contributed by atoms with Gasteiger partial charge in [-0.05, 0) is 37.1 Å². The molecule has 0 saturated carbocycles. The zero-order valence-corrected chi connectivity index (χ0v) is 11.8. The molecule has 1 N–H and O–H groups in total. The van der Waals surface area contributed by atoms with Crippen molar-refractivity contribution < 1.29 is 13.9 Å². The maximum atomic E-state index is 13.7. The van der Waals surface area contributed by atoms with E-state index in [4.69, 9.17) is 9.47 Å². The molecule has 1 fully saturated rings. The molecule has 3 nitrogen and oxygen atoms in total. The van der Waals surface area contributed by atoms with Crippen LogP contribution in [0.25, 0.3) is 0 Å². The summed E-state index contributed by atoms with van der Waals surface area (Å²) in [5, 5.41) is 3.42. The van der Waals surface area contributed by atoms with Crippen LogP contribution in [0.1, 0.15) is 29.7 Å². The minimum atomic E-state index is -0.125. The molecule has 0 bridgehead atoms. The van der Waals surface area contributed by atoms with E-state index in [0.717, 1.165) is 12.1 Å². The van der Waals surface area contributed by atoms with Crippen molar-refractivity contribution in [3.8, 4) is 0 Å². The lowest BCUT2D eigenvalue weighted by molar-refractivity contribution is -0.102. The molecule has 1 aliphatic heterocycles. The van der Waals surface area contributed by atoms with Crippen LogP contribution in [0.2, 0.25) is 0 Å². The Kier molecular flexibility index (Phi) is 4.91. The van der Waals surface area contributed by atoms with E-state index in [1.165, 1.54) is 0 Å². The number of hydrogen-bond acceptors (Lipinski definition) is 3. The van der Waals surface area contributed by atoms with Gasteiger partial charge in [0.15, 0.2) is 0 Å². The summed E-state index contributed by atoms with van der Waals surface area (Å²) in [6, 6.07) is 3.84. The summed E-state index contributed by atoms with van der Waals surface area (Å²) in [7, 11) is 0. The summed E-state index contributed by atoms with van der Waals surface area (Å²) < 4.78 is 25.0. The molecule has 1 heterocycles. The molecular weight excluding hydrogens is 245 g/mol. The van der Waals surface area contributed by atoms with Crippen LogP contribution in [0.4, 0.5) is 4.39 Å². The molecule has 2 atom stereocenters. The van der Waals surface area contributed by atoms with Crippen molar-refractivity contribution in [3.63, 3.8) is 0 Å². The van der Waals surface area contributed by atoms with Gasteiger partial charge in [0.25, 0.3) is 0 Å². The average molecular weight is 267 g/mol. The van der Waals surface area contributed by atoms with E-state index in [9.17, 15) is 4.39 Å². The normalized spacial score (nSPS) is 21.4. The first-order valence-electron chi connectivity index (χ1n) is 6.83. The minimum absolute atomic E-state index is 0.0158. The smallest absolute Gasteiger partial charge is 0.129 e. The highest BCUT2D eigenvalue weighted by Crippen LogP contribution is 2.25. The second kappa shape index (κ2) is 6.46. The molecule has 0 amide bonds. The van der Waals surface area contributed by atoms with Gasteiger partial charge in [-0.2, -0.15) is 0 Å². The number of hydrogen-bond donors (Lipinski definition) is 1. The molecule has 0 radical (unpaired) electrons. The summed E-state index contributed by atoms with van der Waals surface area (Å²) >= 11 is 0. The van der Waals surface area contributed by atoms with Crippen molar-refractivity contribution in [3.05, 3.63) is 34.6 Å². The van der Waals surface area contributed by atoms with Gasteiger partial charge >= 0.3 is 0 Å². The maximum absolute atomic E-state index is 13.7. The van der Waals surface area contributed by atoms with Crippen LogP contribution >= 0.6 is 0 Å². The van der Waals surface area contributed by atoms with Crippen molar-refractivity contribution >= 4 is 0 Å². The highest BCUT2D eigenvalue weighted by atomic mass is 19.1. The lowest BCUT2D eigenvalue weighted by Gasteiger charge is -2.31. The van der Waals surface area contributed by atoms with Crippen molar-refractivity contribution in [2.24, 2.45) is 0 Å². The van der Waals surface area contributed by atoms with Gasteiger partial charge in [-0.3, -0.25) is 0 Å². The Balaban J connectivity index is 2.27. The van der Waals surface area contributed by atoms with Crippen molar-refractivity contribution in [2.45, 2.75) is 32.9 Å². The number of likely N-dealkylation sites (N-methyl/N-ethyl adjacent to an activating group) is 1. The first kappa shape index (κ1) is 14.4. The van der Waals surface area contributed by atoms with Gasteiger partial charge in [0.05, 0.1) is 25.9 Å². The SMILES string of the molecule is CCNC(c1cc(C)c(F)c(C)c1)C1COCCO1. The summed E-state index contributed by atoms with van der Waals surface area (Å²) in [6.45, 7) is 8.33. The topological polar surface area (TPSA) is 30.5 Å². The maximum Gasteiger partial charge on any atom is 0.129 e. The molecule has 0 aliphatic carbocycles. The number of aryl methyl sites for hydroxylation is 2. The molecule has 19 heavy (non-hydrogen) atoms. The number of rotatable bonds is 4. The first-order valence-corrected chi connectivity index (χ1v) is 6.83. The molecule has 106 valence electrons. The van der Waals surface area contributed by atoms with E-state index in [0.29, 0.717) is 30.9 Å². The molecular formula is C15H22FNO2. The zero-order chi connectivity index (χ0) is 13.8. The largest absolute Gasteiger partial charge is 0.376 e. The Labute approximate surface area is 114 Å². The van der Waals surface area contributed by atoms with Crippen LogP contribution in [0, 0.1) is 19.7 Å². The van der Waals surface area contributed by atoms with Gasteiger partial charge in [0.1, 0.15) is 11.9 Å². The molecule has 2 rings (SSSR count). The van der Waals surface area contributed by atoms with E-state index in [2.05, 4.69) is 12.2 Å². The number of nitrogens with one attached hydrogen (secondary N) is 1. The summed E-state index contributed by atoms with van der Waals surface area (Å²) in [4.78, 5) is 0. The monoisotopic (exact) mass is 267 g/mol. The van der Waals surface area contributed by atoms with Crippen molar-refractivity contribution in [2.75, 3.05) is 26.4 Å². The fraction of sp³-hybridized carbons (Fsp3) is 0.600. The predicted molar refractivity (Wildman–Crippen MR) is 72.9 cm³/mol. The lowest BCUT2D eigenvalue weighted by atomic mass is 9.96. The van der Waals surface area contributed by atoms with Gasteiger partial charge < -0.3 is 14.8 Å². The highest BCUT2D eigenvalue weighted by molar-refractivity contribution is 5.33. The summed E-state index contributed by atoms with van der Waals surface area (Å²) in [5.41, 5.74) is 2.41. The number of ether oxygens (including phenoxy) is 2. The minimum Gasteiger partial charge on any atom is -0.376 e. The van der Waals surface area contributed by atoms with Gasteiger partial charge in [0, 0.05) is 0 Å². The van der Waals surface area contributed by atoms with Crippen molar-refractivity contribution in [1.29, 1.82) is 0 Å². The third-order valence-corrected chi connectivity index (χ3v) is 3.46. The Bertz CT molecular complexity index is 407. The summed E-state index contributed by atoms with van der Waals surface area (Å²) in [5.74, 6) is -0.125. The Morgan fingerprint density at radius 1 is 1.32 bits per heavy atom. The quantitative estimate of drug-likeness (QED) is 0.909. The van der Waals surface area contributed by atoms with Gasteiger partial charge in [0.2, 0.25) is 0 Å². The summed E-state index contributed by atoms with van der Waals surface area (Å²) in [6.07, 6.45) is -0.0158. The second-order valence-corrected chi connectivity index (χ2v) is 4.99. The second-order valence-electron chi connectivity index (χ2n) is 4.99. The van der Waals surface area contributed by atoms with Crippen LogP contribution in [0.5, 0.6) is 0 Å². The van der Waals surface area contributed by atoms with Gasteiger partial charge in [-0.25, -0.2) is 4.39 Å². The molecule has 1 aromatic carbocycles. The number of benzene rings is 1. The van der Waals surface area contributed by atoms with E-state index in [1.807, 2.05) is 12.1 Å². The Hall–Kier alpha value is -0.970. The molecule has 1 saturated heterocycles. The first-order chi connectivity index (χ1) is 9.13. The van der Waals surface area contributed by atoms with Gasteiger partial charge in [-0.15, -0.1) is 0 Å². The fourth-order valence-electron chi connectivity index (χ4n) is 2.54. The predicted octanol–water partition coefficient (Wildman–Crippen LogP) is 2.51. The van der Waals surface area contributed by atoms with E-state index >= 15 is 0 Å². The lowest BCUT2D eigenvalue weighted by Crippen LogP contribution is -2.40. The van der Waals surface area contributed by atoms with Crippen LogP contribution in [-0.2, 0) is 9.47 Å². The fourth-order valence-corrected chi connectivity index (χ4v) is 2.54. The van der Waals surface area contributed by atoms with Crippen LogP contribution in [0.15, 0.2) is 12.1 Å². The standard InChI is InChI=1S/C15H22FNO2/c1-4-17-15(13-9-18-5-6-19-13)12-7-10(2)14(16)11(3)8-12/h7-8,13,15,17H,4-6,9H2,1-3H3. The molecule has 0 spiro atoms. The Morgan fingerprint density at radius 2 is 2.00 bits per heavy atom. The molecule has 1 aliphatic rings. The zero-order valence-electron chi connectivity index (χ0n) is 11.8. The van der Waals surface area contributed by atoms with Crippen LogP contribution in [-0.4, -0.2) is 32.5 Å². The third kappa shape index (κ3) is 3.32. The van der Waals surface area contributed by atoms with E-state index in [1.54, 1.807) is 13.8 Å². The highest BCUT2D eigenvalue weighted by Gasteiger charge is 2.26. The van der Waals surface area contributed by atoms with Crippen LogP contribution < -0.4 is 5.32 Å². The molecule has 4 heteroatoms. The Morgan fingerprint density at radius 3 is 2.53 bits per heavy atom. The van der Waals surface area contributed by atoms with Crippen LogP contribution in [0.3, 0.4) is 0 Å². The number of halogens is 1. The van der Waals surface area contributed by atoms with E-state index < -0.39 is 0 Å².